The number of aliphatic hydroxyl groups is 1. The minimum Gasteiger partial charge on any atom is -0.396 e. The van der Waals surface area contributed by atoms with E-state index in [2.05, 4.69) is 21.2 Å². The number of hydrogen-bond acceptors (Lipinski definition) is 4. The molecule has 2 aromatic heterocycles. The van der Waals surface area contributed by atoms with E-state index in [1.807, 2.05) is 30.1 Å². The van der Waals surface area contributed by atoms with Gasteiger partial charge in [-0.1, -0.05) is 0 Å². The fourth-order valence-corrected chi connectivity index (χ4v) is 3.08. The Labute approximate surface area is 125 Å². The summed E-state index contributed by atoms with van der Waals surface area (Å²) in [5.41, 5.74) is 3.30. The topological polar surface area (TPSA) is 54.2 Å². The van der Waals surface area contributed by atoms with Gasteiger partial charge in [0.2, 0.25) is 0 Å². The van der Waals surface area contributed by atoms with Gasteiger partial charge >= 0.3 is 0 Å². The van der Waals surface area contributed by atoms with E-state index in [0.29, 0.717) is 12.5 Å². The Balaban J connectivity index is 1.79. The van der Waals surface area contributed by atoms with E-state index in [-0.39, 0.29) is 0 Å². The first-order valence-electron chi connectivity index (χ1n) is 7.52. The van der Waals surface area contributed by atoms with E-state index in [0.717, 1.165) is 43.7 Å². The van der Waals surface area contributed by atoms with Crippen molar-refractivity contribution in [2.24, 2.45) is 13.0 Å². The molecule has 1 N–H and O–H groups in total. The minimum atomic E-state index is 0.291. The molecule has 2 aromatic rings. The number of aromatic nitrogens is 3. The Morgan fingerprint density at radius 3 is 3.10 bits per heavy atom. The number of aliphatic hydroxyl groups excluding tert-OH is 1. The number of rotatable bonds is 4. The summed E-state index contributed by atoms with van der Waals surface area (Å²) in [5.74, 6) is 0.414. The van der Waals surface area contributed by atoms with E-state index < -0.39 is 0 Å². The van der Waals surface area contributed by atoms with Gasteiger partial charge in [-0.3, -0.25) is 14.6 Å². The molecule has 0 aliphatic carbocycles. The van der Waals surface area contributed by atoms with Crippen LogP contribution in [0.1, 0.15) is 18.4 Å². The van der Waals surface area contributed by atoms with Gasteiger partial charge in [0, 0.05) is 56.5 Å². The van der Waals surface area contributed by atoms with Crippen LogP contribution in [0.3, 0.4) is 0 Å². The maximum Gasteiger partial charge on any atom is 0.0983 e. The summed E-state index contributed by atoms with van der Waals surface area (Å²) in [6.45, 7) is 3.24. The fraction of sp³-hybridized carbons (Fsp3) is 0.500. The predicted octanol–water partition coefficient (Wildman–Crippen LogP) is 1.69. The zero-order valence-electron chi connectivity index (χ0n) is 12.4. The number of hydrogen-bond donors (Lipinski definition) is 1. The van der Waals surface area contributed by atoms with Crippen LogP contribution in [-0.2, 0) is 13.6 Å². The lowest BCUT2D eigenvalue weighted by molar-refractivity contribution is 0.116. The third kappa shape index (κ3) is 3.31. The molecule has 0 spiro atoms. The molecule has 1 aliphatic rings. The maximum absolute atomic E-state index is 9.36. The molecule has 5 heteroatoms. The third-order valence-corrected chi connectivity index (χ3v) is 4.09. The third-order valence-electron chi connectivity index (χ3n) is 4.09. The molecular weight excluding hydrogens is 264 g/mol. The van der Waals surface area contributed by atoms with E-state index in [9.17, 15) is 5.11 Å². The lowest BCUT2D eigenvalue weighted by atomic mass is 9.98. The summed E-state index contributed by atoms with van der Waals surface area (Å²) in [5, 5.41) is 13.9. The van der Waals surface area contributed by atoms with Gasteiger partial charge < -0.3 is 5.11 Å². The molecule has 1 atom stereocenters. The summed E-state index contributed by atoms with van der Waals surface area (Å²) in [7, 11) is 1.95. The van der Waals surface area contributed by atoms with Crippen molar-refractivity contribution in [3.63, 3.8) is 0 Å². The van der Waals surface area contributed by atoms with Crippen LogP contribution >= 0.6 is 0 Å². The molecule has 0 radical (unpaired) electrons. The summed E-state index contributed by atoms with van der Waals surface area (Å²) < 4.78 is 1.87. The van der Waals surface area contributed by atoms with Crippen molar-refractivity contribution in [2.45, 2.75) is 19.4 Å². The van der Waals surface area contributed by atoms with Gasteiger partial charge in [-0.2, -0.15) is 5.10 Å². The minimum absolute atomic E-state index is 0.291. The van der Waals surface area contributed by atoms with Gasteiger partial charge in [-0.05, 0) is 37.4 Å². The molecule has 0 aromatic carbocycles. The van der Waals surface area contributed by atoms with Gasteiger partial charge in [-0.25, -0.2) is 0 Å². The second-order valence-electron chi connectivity index (χ2n) is 5.84. The van der Waals surface area contributed by atoms with E-state index >= 15 is 0 Å². The first-order chi connectivity index (χ1) is 10.3. The van der Waals surface area contributed by atoms with E-state index in [4.69, 9.17) is 0 Å². The zero-order chi connectivity index (χ0) is 14.7. The molecule has 112 valence electrons. The van der Waals surface area contributed by atoms with Gasteiger partial charge in [-0.15, -0.1) is 0 Å². The van der Waals surface area contributed by atoms with Crippen molar-refractivity contribution in [3.05, 3.63) is 36.3 Å². The van der Waals surface area contributed by atoms with Gasteiger partial charge in [0.05, 0.1) is 5.69 Å². The SMILES string of the molecule is Cn1cc(CN2CCCC(CO)C2)c(-c2cccnc2)n1. The van der Waals surface area contributed by atoms with Crippen molar-refractivity contribution in [1.29, 1.82) is 0 Å². The molecule has 21 heavy (non-hydrogen) atoms. The molecular formula is C16H22N4O. The smallest absolute Gasteiger partial charge is 0.0983 e. The molecule has 3 heterocycles. The van der Waals surface area contributed by atoms with Crippen LogP contribution in [-0.4, -0.2) is 44.5 Å². The van der Waals surface area contributed by atoms with Gasteiger partial charge in [0.1, 0.15) is 0 Å². The first kappa shape index (κ1) is 14.2. The Morgan fingerprint density at radius 1 is 1.43 bits per heavy atom. The lowest BCUT2D eigenvalue weighted by Gasteiger charge is -2.31. The van der Waals surface area contributed by atoms with Crippen LogP contribution in [0.2, 0.25) is 0 Å². The van der Waals surface area contributed by atoms with Crippen molar-refractivity contribution in [3.8, 4) is 11.3 Å². The van der Waals surface area contributed by atoms with Crippen molar-refractivity contribution >= 4 is 0 Å². The molecule has 1 fully saturated rings. The summed E-state index contributed by atoms with van der Waals surface area (Å²) in [4.78, 5) is 6.61. The lowest BCUT2D eigenvalue weighted by Crippen LogP contribution is -2.36. The fourth-order valence-electron chi connectivity index (χ4n) is 3.08. The Hall–Kier alpha value is -1.72. The largest absolute Gasteiger partial charge is 0.396 e. The van der Waals surface area contributed by atoms with Crippen LogP contribution in [0.25, 0.3) is 11.3 Å². The summed E-state index contributed by atoms with van der Waals surface area (Å²) >= 11 is 0. The second-order valence-corrected chi connectivity index (χ2v) is 5.84. The Bertz CT molecular complexity index is 581. The molecule has 0 saturated carbocycles. The quantitative estimate of drug-likeness (QED) is 0.929. The van der Waals surface area contributed by atoms with Crippen LogP contribution in [0.5, 0.6) is 0 Å². The zero-order valence-corrected chi connectivity index (χ0v) is 12.4. The first-order valence-corrected chi connectivity index (χ1v) is 7.52. The van der Waals surface area contributed by atoms with Gasteiger partial charge in [0.15, 0.2) is 0 Å². The molecule has 1 saturated heterocycles. The van der Waals surface area contributed by atoms with Crippen LogP contribution in [0.15, 0.2) is 30.7 Å². The number of likely N-dealkylation sites (tertiary alicyclic amines) is 1. The second kappa shape index (κ2) is 6.37. The molecule has 3 rings (SSSR count). The van der Waals surface area contributed by atoms with Crippen molar-refractivity contribution in [1.82, 2.24) is 19.7 Å². The Morgan fingerprint density at radius 2 is 2.33 bits per heavy atom. The number of pyridine rings is 1. The molecule has 1 aliphatic heterocycles. The Kier molecular flexibility index (Phi) is 4.31. The van der Waals surface area contributed by atoms with Crippen LogP contribution in [0.4, 0.5) is 0 Å². The highest BCUT2D eigenvalue weighted by Crippen LogP contribution is 2.24. The highest BCUT2D eigenvalue weighted by Gasteiger charge is 2.21. The van der Waals surface area contributed by atoms with E-state index in [1.165, 1.54) is 5.56 Å². The average molecular weight is 286 g/mol. The molecule has 1 unspecified atom stereocenters. The number of nitrogens with zero attached hydrogens (tertiary/aromatic N) is 4. The molecule has 0 amide bonds. The van der Waals surface area contributed by atoms with Crippen molar-refractivity contribution < 1.29 is 5.11 Å². The number of piperidine rings is 1. The monoisotopic (exact) mass is 286 g/mol. The average Bonchev–Trinajstić information content (AvgIpc) is 2.89. The highest BCUT2D eigenvalue weighted by atomic mass is 16.3. The predicted molar refractivity (Wildman–Crippen MR) is 81.5 cm³/mol. The summed E-state index contributed by atoms with van der Waals surface area (Å²) in [6.07, 6.45) is 8.02. The van der Waals surface area contributed by atoms with Crippen LogP contribution in [0, 0.1) is 5.92 Å². The number of aryl methyl sites for hydroxylation is 1. The summed E-state index contributed by atoms with van der Waals surface area (Å²) in [6, 6.07) is 3.99. The standard InChI is InChI=1S/C16H22N4O/c1-19-10-15(11-20-7-3-4-13(9-20)12-21)16(18-19)14-5-2-6-17-8-14/h2,5-6,8,10,13,21H,3-4,7,9,11-12H2,1H3. The maximum atomic E-state index is 9.36. The molecule has 0 bridgehead atoms. The highest BCUT2D eigenvalue weighted by molar-refractivity contribution is 5.61. The van der Waals surface area contributed by atoms with E-state index in [1.54, 1.807) is 6.20 Å². The van der Waals surface area contributed by atoms with Crippen molar-refractivity contribution in [2.75, 3.05) is 19.7 Å². The van der Waals surface area contributed by atoms with Gasteiger partial charge in [0.25, 0.3) is 0 Å². The molecule has 5 nitrogen and oxygen atoms in total. The van der Waals surface area contributed by atoms with Crippen LogP contribution < -0.4 is 0 Å². The normalized spacial score (nSPS) is 19.8.